The largest absolute Gasteiger partial charge is 0.494 e. The van der Waals surface area contributed by atoms with Gasteiger partial charge < -0.3 is 15.7 Å². The summed E-state index contributed by atoms with van der Waals surface area (Å²) in [6, 6.07) is 8.20. The predicted octanol–water partition coefficient (Wildman–Crippen LogP) is 3.52. The van der Waals surface area contributed by atoms with Gasteiger partial charge in [0, 0.05) is 4.75 Å². The molecule has 2 rings (SSSR count). The van der Waals surface area contributed by atoms with E-state index in [1.807, 2.05) is 12.1 Å². The molecule has 0 aromatic heterocycles. The summed E-state index contributed by atoms with van der Waals surface area (Å²) in [5.74, 6) is -0.391. The summed E-state index contributed by atoms with van der Waals surface area (Å²) in [6.45, 7) is 8.39. The van der Waals surface area contributed by atoms with Crippen molar-refractivity contribution < 1.29 is 9.90 Å². The van der Waals surface area contributed by atoms with Crippen molar-refractivity contribution in [3.8, 4) is 0 Å². The van der Waals surface area contributed by atoms with Gasteiger partial charge in [-0.25, -0.2) is 0 Å². The van der Waals surface area contributed by atoms with Crippen molar-refractivity contribution in [2.75, 3.05) is 0 Å². The Balaban J connectivity index is 2.45. The molecule has 126 valence electrons. The Morgan fingerprint density at radius 3 is 2.35 bits per heavy atom. The van der Waals surface area contributed by atoms with E-state index in [2.05, 4.69) is 63.1 Å². The minimum absolute atomic E-state index is 0.0700. The molecule has 6 heteroatoms. The monoisotopic (exact) mass is 352 g/mol. The van der Waals surface area contributed by atoms with E-state index in [-0.39, 0.29) is 21.8 Å². The number of thiol groups is 1. The minimum Gasteiger partial charge on any atom is -0.494 e. The second kappa shape index (κ2) is 7.09. The van der Waals surface area contributed by atoms with E-state index in [9.17, 15) is 9.90 Å². The van der Waals surface area contributed by atoms with Gasteiger partial charge in [-0.2, -0.15) is 0 Å². The average molecular weight is 353 g/mol. The summed E-state index contributed by atoms with van der Waals surface area (Å²) in [5, 5.41) is 15.5. The van der Waals surface area contributed by atoms with Crippen molar-refractivity contribution in [3.63, 3.8) is 0 Å². The molecule has 1 aromatic carbocycles. The van der Waals surface area contributed by atoms with Crippen molar-refractivity contribution in [1.82, 2.24) is 10.6 Å². The van der Waals surface area contributed by atoms with E-state index in [0.29, 0.717) is 5.57 Å². The van der Waals surface area contributed by atoms with Gasteiger partial charge in [0.2, 0.25) is 0 Å². The highest BCUT2D eigenvalue weighted by Crippen LogP contribution is 2.44. The van der Waals surface area contributed by atoms with Gasteiger partial charge in [-0.3, -0.25) is 4.79 Å². The Morgan fingerprint density at radius 1 is 1.26 bits per heavy atom. The first-order valence-corrected chi connectivity index (χ1v) is 9.06. The Bertz CT molecular complexity index is 606. The van der Waals surface area contributed by atoms with Gasteiger partial charge in [0.15, 0.2) is 5.88 Å². The van der Waals surface area contributed by atoms with Gasteiger partial charge >= 0.3 is 0 Å². The average Bonchev–Trinajstić information content (AvgIpc) is 2.44. The highest BCUT2D eigenvalue weighted by atomic mass is 32.2. The lowest BCUT2D eigenvalue weighted by Gasteiger charge is -2.31. The molecule has 1 aromatic rings. The van der Waals surface area contributed by atoms with Gasteiger partial charge in [-0.1, -0.05) is 52.0 Å². The summed E-state index contributed by atoms with van der Waals surface area (Å²) in [5.41, 5.74) is 2.01. The number of aryl methyl sites for hydroxylation is 1. The number of hydrogen-bond donors (Lipinski definition) is 4. The molecule has 2 atom stereocenters. The smallest absolute Gasteiger partial charge is 0.256 e. The molecule has 0 fully saturated rings. The zero-order chi connectivity index (χ0) is 17.2. The van der Waals surface area contributed by atoms with E-state index < -0.39 is 5.50 Å². The normalized spacial score (nSPS) is 20.0. The zero-order valence-electron chi connectivity index (χ0n) is 13.9. The van der Waals surface area contributed by atoms with E-state index in [0.717, 1.165) is 12.0 Å². The Hall–Kier alpha value is -1.27. The maximum absolute atomic E-state index is 12.4. The lowest BCUT2D eigenvalue weighted by atomic mass is 10.0. The fourth-order valence-electron chi connectivity index (χ4n) is 2.37. The number of carbonyl (C=O) groups is 1. The Labute approximate surface area is 147 Å². The summed E-state index contributed by atoms with van der Waals surface area (Å²) in [6.07, 6.45) is 0.967. The molecule has 1 heterocycles. The third-order valence-electron chi connectivity index (χ3n) is 3.47. The molecule has 1 aliphatic heterocycles. The van der Waals surface area contributed by atoms with Crippen LogP contribution in [0.1, 0.15) is 44.1 Å². The molecule has 0 spiro atoms. The third-order valence-corrected chi connectivity index (χ3v) is 5.17. The van der Waals surface area contributed by atoms with Gasteiger partial charge in [-0.15, -0.1) is 24.4 Å². The molecule has 1 aliphatic rings. The van der Waals surface area contributed by atoms with Crippen LogP contribution in [0, 0.1) is 0 Å². The number of nitrogens with one attached hydrogen (secondary N) is 2. The second-order valence-electron chi connectivity index (χ2n) is 6.49. The first-order chi connectivity index (χ1) is 10.7. The van der Waals surface area contributed by atoms with Crippen LogP contribution in [-0.2, 0) is 11.2 Å². The number of aliphatic hydroxyl groups excluding tert-OH is 1. The van der Waals surface area contributed by atoms with E-state index >= 15 is 0 Å². The number of amides is 1. The highest BCUT2D eigenvalue weighted by molar-refractivity contribution is 8.01. The molecular weight excluding hydrogens is 328 g/mol. The maximum atomic E-state index is 12.4. The second-order valence-corrected chi connectivity index (χ2v) is 8.94. The zero-order valence-corrected chi connectivity index (χ0v) is 15.6. The van der Waals surface area contributed by atoms with Crippen LogP contribution in [0.3, 0.4) is 0 Å². The SMILES string of the molecule is CCc1ccc([C@@H](SC(C)(C)C)C2=C(O)N[C@@H](S)NC2=O)cc1. The first-order valence-electron chi connectivity index (χ1n) is 7.66. The van der Waals surface area contributed by atoms with Crippen molar-refractivity contribution in [2.45, 2.75) is 49.6 Å². The summed E-state index contributed by atoms with van der Waals surface area (Å²) in [4.78, 5) is 12.4. The molecule has 4 nitrogen and oxygen atoms in total. The van der Waals surface area contributed by atoms with Crippen LogP contribution in [-0.4, -0.2) is 21.3 Å². The number of rotatable bonds is 4. The minimum atomic E-state index is -0.575. The number of hydrogen-bond acceptors (Lipinski definition) is 5. The molecular formula is C17H24N2O2S2. The van der Waals surface area contributed by atoms with E-state index in [1.165, 1.54) is 5.56 Å². The molecule has 3 N–H and O–H groups in total. The number of carbonyl (C=O) groups excluding carboxylic acids is 1. The number of aliphatic hydroxyl groups is 1. The van der Waals surface area contributed by atoms with Gasteiger partial charge in [-0.05, 0) is 17.5 Å². The standard InChI is InChI=1S/C17H24N2O2S2/c1-5-10-6-8-11(9-7-10)13(23-17(2,3)4)12-14(20)18-16(22)19-15(12)21/h6-9,13,16,18,20,22H,5H2,1-4H3,(H,19,21)/t13-,16-/m1/s1. The Morgan fingerprint density at radius 2 is 1.87 bits per heavy atom. The van der Waals surface area contributed by atoms with E-state index in [1.54, 1.807) is 11.8 Å². The van der Waals surface area contributed by atoms with Crippen LogP contribution in [0.15, 0.2) is 35.7 Å². The van der Waals surface area contributed by atoms with Crippen molar-refractivity contribution in [3.05, 3.63) is 46.8 Å². The van der Waals surface area contributed by atoms with Crippen LogP contribution < -0.4 is 10.6 Å². The van der Waals surface area contributed by atoms with Crippen LogP contribution in [0.5, 0.6) is 0 Å². The molecule has 0 unspecified atom stereocenters. The third kappa shape index (κ3) is 4.61. The van der Waals surface area contributed by atoms with Gasteiger partial charge in [0.25, 0.3) is 5.91 Å². The van der Waals surface area contributed by atoms with Crippen molar-refractivity contribution in [2.24, 2.45) is 0 Å². The highest BCUT2D eigenvalue weighted by Gasteiger charge is 2.34. The maximum Gasteiger partial charge on any atom is 0.256 e. The number of thioether (sulfide) groups is 1. The van der Waals surface area contributed by atoms with Crippen molar-refractivity contribution >= 4 is 30.3 Å². The fourth-order valence-corrected chi connectivity index (χ4v) is 3.95. The predicted molar refractivity (Wildman–Crippen MR) is 99.6 cm³/mol. The topological polar surface area (TPSA) is 61.4 Å². The molecule has 1 amide bonds. The molecule has 0 saturated carbocycles. The quantitative estimate of drug-likeness (QED) is 0.626. The lowest BCUT2D eigenvalue weighted by molar-refractivity contribution is -0.118. The van der Waals surface area contributed by atoms with Gasteiger partial charge in [0.05, 0.1) is 10.8 Å². The molecule has 0 aliphatic carbocycles. The summed E-state index contributed by atoms with van der Waals surface area (Å²) >= 11 is 5.78. The number of benzene rings is 1. The van der Waals surface area contributed by atoms with Crippen LogP contribution in [0.2, 0.25) is 0 Å². The van der Waals surface area contributed by atoms with Crippen LogP contribution in [0.4, 0.5) is 0 Å². The van der Waals surface area contributed by atoms with Crippen LogP contribution >= 0.6 is 24.4 Å². The van der Waals surface area contributed by atoms with E-state index in [4.69, 9.17) is 0 Å². The Kier molecular flexibility index (Phi) is 5.57. The van der Waals surface area contributed by atoms with Crippen LogP contribution in [0.25, 0.3) is 0 Å². The lowest BCUT2D eigenvalue weighted by Crippen LogP contribution is -2.48. The molecule has 0 radical (unpaired) electrons. The molecule has 0 bridgehead atoms. The molecule has 0 saturated heterocycles. The summed E-state index contributed by atoms with van der Waals surface area (Å²) < 4.78 is -0.0700. The summed E-state index contributed by atoms with van der Waals surface area (Å²) in [7, 11) is 0. The fraction of sp³-hybridized carbons (Fsp3) is 0.471. The van der Waals surface area contributed by atoms with Gasteiger partial charge in [0.1, 0.15) is 5.50 Å². The molecule has 23 heavy (non-hydrogen) atoms. The van der Waals surface area contributed by atoms with Crippen molar-refractivity contribution in [1.29, 1.82) is 0 Å². The first kappa shape index (κ1) is 18.1.